The highest BCUT2D eigenvalue weighted by Gasteiger charge is 2.30. The van der Waals surface area contributed by atoms with Crippen molar-refractivity contribution >= 4 is 11.7 Å². The molecule has 2 aliphatic carbocycles. The molecule has 1 aromatic heterocycles. The summed E-state index contributed by atoms with van der Waals surface area (Å²) in [5.41, 5.74) is 2.78. The number of piperazine rings is 1. The summed E-state index contributed by atoms with van der Waals surface area (Å²) in [7, 11) is 0. The molecule has 2 aromatic rings. The highest BCUT2D eigenvalue weighted by atomic mass is 16.5. The van der Waals surface area contributed by atoms with Gasteiger partial charge in [0.2, 0.25) is 0 Å². The van der Waals surface area contributed by atoms with Gasteiger partial charge < -0.3 is 19.8 Å². The quantitative estimate of drug-likeness (QED) is 0.464. The first kappa shape index (κ1) is 23.8. The Bertz CT molecular complexity index is 1000. The second-order valence-electron chi connectivity index (χ2n) is 10.1. The number of hydrogen-bond donors (Lipinski definition) is 2. The summed E-state index contributed by atoms with van der Waals surface area (Å²) in [4.78, 5) is 17.8. The average molecular weight is 480 g/mol. The van der Waals surface area contributed by atoms with Crippen molar-refractivity contribution in [2.45, 2.75) is 57.6 Å². The number of aromatic nitrogens is 1. The SMILES string of the molecule is O=C(OC(CN1CCN(c2ccccc2)CC1)Cn1c(O)c2c(c1O)CC=CC2)C1CCCCC1. The van der Waals surface area contributed by atoms with Crippen molar-refractivity contribution in [3.05, 3.63) is 53.6 Å². The predicted molar refractivity (Wildman–Crippen MR) is 136 cm³/mol. The number of hydrogen-bond acceptors (Lipinski definition) is 6. The second-order valence-corrected chi connectivity index (χ2v) is 10.1. The molecule has 1 saturated heterocycles. The van der Waals surface area contributed by atoms with Gasteiger partial charge in [-0.3, -0.25) is 14.3 Å². The molecule has 0 bridgehead atoms. The lowest BCUT2D eigenvalue weighted by atomic mass is 9.89. The summed E-state index contributed by atoms with van der Waals surface area (Å²) in [5, 5.41) is 21.7. The first-order valence-corrected chi connectivity index (χ1v) is 13.1. The number of nitrogens with zero attached hydrogens (tertiary/aromatic N) is 3. The molecule has 0 radical (unpaired) electrons. The van der Waals surface area contributed by atoms with Gasteiger partial charge in [-0.1, -0.05) is 49.6 Å². The van der Waals surface area contributed by atoms with Crippen LogP contribution in [0.2, 0.25) is 0 Å². The Morgan fingerprint density at radius 2 is 1.51 bits per heavy atom. The fourth-order valence-electron chi connectivity index (χ4n) is 5.75. The first-order valence-electron chi connectivity index (χ1n) is 13.1. The van der Waals surface area contributed by atoms with Gasteiger partial charge >= 0.3 is 5.97 Å². The number of carbonyl (C=O) groups excluding carboxylic acids is 1. The molecule has 7 heteroatoms. The molecule has 2 fully saturated rings. The number of ether oxygens (including phenoxy) is 1. The summed E-state index contributed by atoms with van der Waals surface area (Å²) in [6.07, 6.45) is 9.91. The second kappa shape index (κ2) is 10.8. The monoisotopic (exact) mass is 479 g/mol. The van der Waals surface area contributed by atoms with E-state index >= 15 is 0 Å². The maximum absolute atomic E-state index is 13.0. The standard InChI is InChI=1S/C28H37N3O4/c32-26-24-13-7-8-14-25(24)27(33)31(26)20-23(35-28(34)21-9-3-1-4-10-21)19-29-15-17-30(18-16-29)22-11-5-2-6-12-22/h2,5-8,11-12,21,23,32-33H,1,3-4,9-10,13-20H2. The van der Waals surface area contributed by atoms with Crippen molar-refractivity contribution in [1.82, 2.24) is 9.47 Å². The normalized spacial score (nSPS) is 19.9. The van der Waals surface area contributed by atoms with Gasteiger partial charge in [-0.05, 0) is 37.8 Å². The van der Waals surface area contributed by atoms with Crippen LogP contribution in [0.5, 0.6) is 11.8 Å². The van der Waals surface area contributed by atoms with Crippen LogP contribution in [0.1, 0.15) is 43.2 Å². The molecule has 1 aliphatic heterocycles. The summed E-state index contributed by atoms with van der Waals surface area (Å²) in [6.45, 7) is 4.40. The Hall–Kier alpha value is -2.93. The van der Waals surface area contributed by atoms with E-state index in [1.807, 2.05) is 18.2 Å². The van der Waals surface area contributed by atoms with E-state index in [0.29, 0.717) is 19.4 Å². The van der Waals surface area contributed by atoms with Crippen molar-refractivity contribution in [1.29, 1.82) is 0 Å². The Morgan fingerprint density at radius 1 is 0.886 bits per heavy atom. The Balaban J connectivity index is 1.28. The predicted octanol–water partition coefficient (Wildman–Crippen LogP) is 3.87. The van der Waals surface area contributed by atoms with Crippen LogP contribution in [0.25, 0.3) is 0 Å². The van der Waals surface area contributed by atoms with Crippen LogP contribution in [-0.4, -0.2) is 64.5 Å². The van der Waals surface area contributed by atoms with Gasteiger partial charge in [0, 0.05) is 49.5 Å². The number of fused-ring (bicyclic) bond motifs is 1. The lowest BCUT2D eigenvalue weighted by Gasteiger charge is -2.37. The summed E-state index contributed by atoms with van der Waals surface area (Å²) < 4.78 is 7.64. The molecule has 3 aliphatic rings. The minimum absolute atomic E-state index is 0.0366. The molecule has 188 valence electrons. The zero-order valence-electron chi connectivity index (χ0n) is 20.4. The van der Waals surface area contributed by atoms with Crippen LogP contribution in [0.15, 0.2) is 42.5 Å². The third kappa shape index (κ3) is 5.35. The number of para-hydroxylation sites is 1. The van der Waals surface area contributed by atoms with E-state index in [4.69, 9.17) is 4.74 Å². The third-order valence-corrected chi connectivity index (χ3v) is 7.79. The van der Waals surface area contributed by atoms with Crippen molar-refractivity contribution in [2.24, 2.45) is 5.92 Å². The van der Waals surface area contributed by atoms with Gasteiger partial charge in [-0.25, -0.2) is 0 Å². The minimum Gasteiger partial charge on any atom is -0.494 e. The van der Waals surface area contributed by atoms with Crippen LogP contribution in [0, 0.1) is 5.92 Å². The Morgan fingerprint density at radius 3 is 2.14 bits per heavy atom. The summed E-state index contributed by atoms with van der Waals surface area (Å²) in [5.74, 6) is 0.0181. The fraction of sp³-hybridized carbons (Fsp3) is 0.536. The van der Waals surface area contributed by atoms with Gasteiger partial charge in [0.15, 0.2) is 11.8 Å². The van der Waals surface area contributed by atoms with E-state index in [1.165, 1.54) is 16.7 Å². The van der Waals surface area contributed by atoms with Gasteiger partial charge in [-0.2, -0.15) is 0 Å². The van der Waals surface area contributed by atoms with Crippen molar-refractivity contribution in [3.63, 3.8) is 0 Å². The molecule has 0 spiro atoms. The van der Waals surface area contributed by atoms with Crippen LogP contribution < -0.4 is 4.90 Å². The molecule has 0 amide bonds. The van der Waals surface area contributed by atoms with Gasteiger partial charge in [0.25, 0.3) is 0 Å². The van der Waals surface area contributed by atoms with Crippen molar-refractivity contribution < 1.29 is 19.7 Å². The Kier molecular flexibility index (Phi) is 7.32. The van der Waals surface area contributed by atoms with Gasteiger partial charge in [0.05, 0.1) is 12.5 Å². The van der Waals surface area contributed by atoms with Crippen molar-refractivity contribution in [2.75, 3.05) is 37.6 Å². The van der Waals surface area contributed by atoms with E-state index in [2.05, 4.69) is 34.1 Å². The van der Waals surface area contributed by atoms with Gasteiger partial charge in [-0.15, -0.1) is 0 Å². The Labute approximate surface area is 207 Å². The number of allylic oxidation sites excluding steroid dienone is 2. The third-order valence-electron chi connectivity index (χ3n) is 7.79. The van der Waals surface area contributed by atoms with Crippen LogP contribution >= 0.6 is 0 Å². The summed E-state index contributed by atoms with van der Waals surface area (Å²) >= 11 is 0. The highest BCUT2D eigenvalue weighted by Crippen LogP contribution is 2.37. The zero-order chi connectivity index (χ0) is 24.2. The molecule has 7 nitrogen and oxygen atoms in total. The molecule has 2 heterocycles. The highest BCUT2D eigenvalue weighted by molar-refractivity contribution is 5.72. The number of aromatic hydroxyl groups is 2. The molecule has 5 rings (SSSR count). The zero-order valence-corrected chi connectivity index (χ0v) is 20.4. The fourth-order valence-corrected chi connectivity index (χ4v) is 5.75. The van der Waals surface area contributed by atoms with Crippen LogP contribution in [0.4, 0.5) is 5.69 Å². The topological polar surface area (TPSA) is 78.2 Å². The number of anilines is 1. The first-order chi connectivity index (χ1) is 17.1. The maximum atomic E-state index is 13.0. The van der Waals surface area contributed by atoms with Crippen molar-refractivity contribution in [3.8, 4) is 11.8 Å². The maximum Gasteiger partial charge on any atom is 0.309 e. The molecule has 2 N–H and O–H groups in total. The minimum atomic E-state index is -0.439. The largest absolute Gasteiger partial charge is 0.494 e. The summed E-state index contributed by atoms with van der Waals surface area (Å²) in [6, 6.07) is 10.4. The molecule has 1 saturated carbocycles. The lowest BCUT2D eigenvalue weighted by Crippen LogP contribution is -2.49. The molecular formula is C28H37N3O4. The van der Waals surface area contributed by atoms with E-state index in [1.54, 1.807) is 0 Å². The molecular weight excluding hydrogens is 442 g/mol. The van der Waals surface area contributed by atoms with Crippen LogP contribution in [0.3, 0.4) is 0 Å². The number of benzene rings is 1. The smallest absolute Gasteiger partial charge is 0.309 e. The van der Waals surface area contributed by atoms with E-state index in [0.717, 1.165) is 63.0 Å². The molecule has 1 aromatic carbocycles. The molecule has 1 unspecified atom stereocenters. The van der Waals surface area contributed by atoms with Crippen LogP contribution in [-0.2, 0) is 28.9 Å². The number of carbonyl (C=O) groups is 1. The van der Waals surface area contributed by atoms with E-state index in [9.17, 15) is 15.0 Å². The number of esters is 1. The van der Waals surface area contributed by atoms with E-state index < -0.39 is 6.10 Å². The van der Waals surface area contributed by atoms with Gasteiger partial charge in [0.1, 0.15) is 6.10 Å². The molecule has 35 heavy (non-hydrogen) atoms. The average Bonchev–Trinajstić information content (AvgIpc) is 3.15. The molecule has 1 atom stereocenters. The lowest BCUT2D eigenvalue weighted by molar-refractivity contribution is -0.157. The number of rotatable bonds is 7. The van der Waals surface area contributed by atoms with E-state index in [-0.39, 0.29) is 30.2 Å².